The van der Waals surface area contributed by atoms with E-state index < -0.39 is 0 Å². The Balaban J connectivity index is 0.00000261. The standard InChI is InChI=1S/C21H25N5.HI/c1-3-22-21(24-16-19-7-4-6-17(2)14-19)23-15-18-8-10-20(11-9-18)26-13-5-12-25-26;/h4-14H,3,15-16H2,1-2H3,(H2,22,23,24);1H. The van der Waals surface area contributed by atoms with Gasteiger partial charge in [-0.15, -0.1) is 24.0 Å². The summed E-state index contributed by atoms with van der Waals surface area (Å²) in [5.41, 5.74) is 4.72. The van der Waals surface area contributed by atoms with Crippen LogP contribution in [0.3, 0.4) is 0 Å². The molecule has 5 nitrogen and oxygen atoms in total. The van der Waals surface area contributed by atoms with Gasteiger partial charge in [0.15, 0.2) is 5.96 Å². The molecule has 2 aromatic carbocycles. The van der Waals surface area contributed by atoms with Crippen LogP contribution in [0.5, 0.6) is 0 Å². The fourth-order valence-electron chi connectivity index (χ4n) is 2.70. The van der Waals surface area contributed by atoms with Crippen molar-refractivity contribution < 1.29 is 0 Å². The van der Waals surface area contributed by atoms with E-state index >= 15 is 0 Å². The van der Waals surface area contributed by atoms with Crippen LogP contribution < -0.4 is 10.6 Å². The summed E-state index contributed by atoms with van der Waals surface area (Å²) >= 11 is 0. The highest BCUT2D eigenvalue weighted by Crippen LogP contribution is 2.09. The van der Waals surface area contributed by atoms with Crippen molar-refractivity contribution in [2.75, 3.05) is 6.54 Å². The molecule has 3 rings (SSSR count). The maximum atomic E-state index is 4.68. The van der Waals surface area contributed by atoms with Crippen molar-refractivity contribution >= 4 is 29.9 Å². The zero-order valence-electron chi connectivity index (χ0n) is 15.7. The molecule has 3 aromatic rings. The van der Waals surface area contributed by atoms with Crippen molar-refractivity contribution in [1.29, 1.82) is 0 Å². The van der Waals surface area contributed by atoms with Crippen molar-refractivity contribution in [2.45, 2.75) is 26.9 Å². The van der Waals surface area contributed by atoms with Crippen LogP contribution in [0.1, 0.15) is 23.6 Å². The third-order valence-electron chi connectivity index (χ3n) is 4.01. The fraction of sp³-hybridized carbons (Fsp3) is 0.238. The largest absolute Gasteiger partial charge is 0.357 e. The summed E-state index contributed by atoms with van der Waals surface area (Å²) in [7, 11) is 0. The van der Waals surface area contributed by atoms with Gasteiger partial charge in [0, 0.05) is 25.5 Å². The Kier molecular flexibility index (Phi) is 8.32. The average molecular weight is 475 g/mol. The predicted octanol–water partition coefficient (Wildman–Crippen LogP) is 4.05. The number of guanidine groups is 1. The Hall–Kier alpha value is -2.35. The van der Waals surface area contributed by atoms with E-state index in [0.29, 0.717) is 6.54 Å². The Morgan fingerprint density at radius 1 is 1.04 bits per heavy atom. The van der Waals surface area contributed by atoms with Crippen molar-refractivity contribution in [2.24, 2.45) is 4.99 Å². The van der Waals surface area contributed by atoms with Gasteiger partial charge >= 0.3 is 0 Å². The number of rotatable bonds is 6. The van der Waals surface area contributed by atoms with Gasteiger partial charge in [-0.05, 0) is 43.2 Å². The number of aliphatic imine (C=N–C) groups is 1. The van der Waals surface area contributed by atoms with Crippen molar-refractivity contribution in [3.63, 3.8) is 0 Å². The van der Waals surface area contributed by atoms with Gasteiger partial charge in [-0.1, -0.05) is 42.0 Å². The maximum absolute atomic E-state index is 4.68. The van der Waals surface area contributed by atoms with Gasteiger partial charge in [0.1, 0.15) is 0 Å². The van der Waals surface area contributed by atoms with Gasteiger partial charge in [0.2, 0.25) is 0 Å². The van der Waals surface area contributed by atoms with Crippen LogP contribution in [0.25, 0.3) is 5.69 Å². The molecule has 142 valence electrons. The molecule has 27 heavy (non-hydrogen) atoms. The van der Waals surface area contributed by atoms with Crippen LogP contribution in [0.15, 0.2) is 72.0 Å². The monoisotopic (exact) mass is 475 g/mol. The van der Waals surface area contributed by atoms with Crippen molar-refractivity contribution in [3.8, 4) is 5.69 Å². The zero-order chi connectivity index (χ0) is 18.2. The van der Waals surface area contributed by atoms with Gasteiger partial charge in [-0.2, -0.15) is 5.10 Å². The van der Waals surface area contributed by atoms with Gasteiger partial charge < -0.3 is 10.6 Å². The fourth-order valence-corrected chi connectivity index (χ4v) is 2.70. The lowest BCUT2D eigenvalue weighted by molar-refractivity contribution is 0.814. The van der Waals surface area contributed by atoms with Gasteiger partial charge in [0.25, 0.3) is 0 Å². The molecule has 6 heteroatoms. The second kappa shape index (κ2) is 10.7. The molecule has 0 saturated heterocycles. The Morgan fingerprint density at radius 2 is 1.85 bits per heavy atom. The molecular formula is C21H26IN5. The number of benzene rings is 2. The van der Waals surface area contributed by atoms with Gasteiger partial charge in [-0.3, -0.25) is 0 Å². The van der Waals surface area contributed by atoms with Crippen LogP contribution in [-0.4, -0.2) is 22.3 Å². The first-order valence-electron chi connectivity index (χ1n) is 8.91. The Bertz CT molecular complexity index is 841. The molecule has 0 spiro atoms. The minimum Gasteiger partial charge on any atom is -0.357 e. The first kappa shape index (κ1) is 21.0. The number of hydrogen-bond donors (Lipinski definition) is 2. The Labute approximate surface area is 177 Å². The summed E-state index contributed by atoms with van der Waals surface area (Å²) < 4.78 is 1.85. The smallest absolute Gasteiger partial charge is 0.191 e. The second-order valence-corrected chi connectivity index (χ2v) is 6.15. The summed E-state index contributed by atoms with van der Waals surface area (Å²) in [4.78, 5) is 4.68. The second-order valence-electron chi connectivity index (χ2n) is 6.15. The van der Waals surface area contributed by atoms with E-state index in [1.807, 2.05) is 16.9 Å². The van der Waals surface area contributed by atoms with E-state index in [0.717, 1.165) is 24.7 Å². The lowest BCUT2D eigenvalue weighted by atomic mass is 10.1. The lowest BCUT2D eigenvalue weighted by Gasteiger charge is -2.12. The molecule has 0 fully saturated rings. The summed E-state index contributed by atoms with van der Waals surface area (Å²) in [5, 5.41) is 10.9. The first-order valence-corrected chi connectivity index (χ1v) is 8.91. The van der Waals surface area contributed by atoms with E-state index in [9.17, 15) is 0 Å². The minimum atomic E-state index is 0. The summed E-state index contributed by atoms with van der Waals surface area (Å²) in [6.07, 6.45) is 3.72. The van der Waals surface area contributed by atoms with E-state index in [-0.39, 0.29) is 24.0 Å². The summed E-state index contributed by atoms with van der Waals surface area (Å²) in [6.45, 7) is 6.39. The molecule has 0 bridgehead atoms. The predicted molar refractivity (Wildman–Crippen MR) is 122 cm³/mol. The lowest BCUT2D eigenvalue weighted by Crippen LogP contribution is -2.36. The molecule has 0 unspecified atom stereocenters. The normalized spacial score (nSPS) is 11.0. The highest BCUT2D eigenvalue weighted by atomic mass is 127. The third-order valence-corrected chi connectivity index (χ3v) is 4.01. The quantitative estimate of drug-likeness (QED) is 0.321. The molecular weight excluding hydrogens is 449 g/mol. The maximum Gasteiger partial charge on any atom is 0.191 e. The SMILES string of the molecule is CCNC(=NCc1cccc(C)c1)NCc1ccc(-n2cccn2)cc1.I. The number of nitrogens with zero attached hydrogens (tertiary/aromatic N) is 3. The van der Waals surface area contributed by atoms with Gasteiger partial charge in [-0.25, -0.2) is 9.67 Å². The topological polar surface area (TPSA) is 54.2 Å². The average Bonchev–Trinajstić information content (AvgIpc) is 3.19. The molecule has 0 aliphatic carbocycles. The van der Waals surface area contributed by atoms with Crippen LogP contribution >= 0.6 is 24.0 Å². The molecule has 0 radical (unpaired) electrons. The van der Waals surface area contributed by atoms with Crippen LogP contribution in [0.2, 0.25) is 0 Å². The minimum absolute atomic E-state index is 0. The number of halogens is 1. The highest BCUT2D eigenvalue weighted by Gasteiger charge is 2.01. The van der Waals surface area contributed by atoms with Crippen LogP contribution in [-0.2, 0) is 13.1 Å². The van der Waals surface area contributed by atoms with Crippen LogP contribution in [0.4, 0.5) is 0 Å². The molecule has 0 amide bonds. The molecule has 0 atom stereocenters. The molecule has 0 aliphatic heterocycles. The number of aryl methyl sites for hydroxylation is 1. The molecule has 2 N–H and O–H groups in total. The summed E-state index contributed by atoms with van der Waals surface area (Å²) in [6, 6.07) is 18.7. The number of aromatic nitrogens is 2. The van der Waals surface area contributed by atoms with Crippen molar-refractivity contribution in [3.05, 3.63) is 83.7 Å². The summed E-state index contributed by atoms with van der Waals surface area (Å²) in [5.74, 6) is 0.824. The molecule has 0 aliphatic rings. The molecule has 0 saturated carbocycles. The van der Waals surface area contributed by atoms with E-state index in [1.54, 1.807) is 6.20 Å². The van der Waals surface area contributed by atoms with E-state index in [4.69, 9.17) is 0 Å². The van der Waals surface area contributed by atoms with E-state index in [1.165, 1.54) is 16.7 Å². The number of hydrogen-bond acceptors (Lipinski definition) is 2. The highest BCUT2D eigenvalue weighted by molar-refractivity contribution is 14.0. The van der Waals surface area contributed by atoms with Crippen molar-refractivity contribution in [1.82, 2.24) is 20.4 Å². The number of nitrogens with one attached hydrogen (secondary N) is 2. The van der Waals surface area contributed by atoms with E-state index in [2.05, 4.69) is 83.1 Å². The van der Waals surface area contributed by atoms with Crippen LogP contribution in [0, 0.1) is 6.92 Å². The molecule has 1 heterocycles. The Morgan fingerprint density at radius 3 is 2.52 bits per heavy atom. The third kappa shape index (κ3) is 6.39. The van der Waals surface area contributed by atoms with Gasteiger partial charge in [0.05, 0.1) is 12.2 Å². The molecule has 1 aromatic heterocycles. The zero-order valence-corrected chi connectivity index (χ0v) is 18.1. The first-order chi connectivity index (χ1) is 12.7.